The zero-order valence-electron chi connectivity index (χ0n) is 11.4. The average Bonchev–Trinajstić information content (AvgIpc) is 2.95. The number of aryl methyl sites for hydroxylation is 1. The molecule has 3 rings (SSSR count). The summed E-state index contributed by atoms with van der Waals surface area (Å²) in [6.07, 6.45) is 2.75. The lowest BCUT2D eigenvalue weighted by Crippen LogP contribution is -2.61. The summed E-state index contributed by atoms with van der Waals surface area (Å²) in [4.78, 5) is 12.0. The molecule has 1 saturated heterocycles. The second-order valence-corrected chi connectivity index (χ2v) is 5.56. The smallest absolute Gasteiger partial charge is 0.227 e. The number of hydrogen-bond acceptors (Lipinski definition) is 4. The van der Waals surface area contributed by atoms with Crippen LogP contribution in [0.5, 0.6) is 0 Å². The highest BCUT2D eigenvalue weighted by molar-refractivity contribution is 5.78. The minimum atomic E-state index is 0.0185. The zero-order valence-corrected chi connectivity index (χ0v) is 11.4. The molecular weight excluding hydrogens is 244 g/mol. The van der Waals surface area contributed by atoms with Gasteiger partial charge in [-0.2, -0.15) is 0 Å². The Morgan fingerprint density at radius 1 is 1.58 bits per heavy atom. The Morgan fingerprint density at radius 3 is 3.11 bits per heavy atom. The molecule has 5 nitrogen and oxygen atoms in total. The van der Waals surface area contributed by atoms with E-state index < -0.39 is 0 Å². The largest absolute Gasteiger partial charge is 0.377 e. The third-order valence-electron chi connectivity index (χ3n) is 4.34. The van der Waals surface area contributed by atoms with Crippen LogP contribution >= 0.6 is 0 Å². The van der Waals surface area contributed by atoms with Crippen LogP contribution in [0.1, 0.15) is 31.2 Å². The first-order valence-electron chi connectivity index (χ1n) is 7.02. The molecular formula is C14H20N2O3. The summed E-state index contributed by atoms with van der Waals surface area (Å²) >= 11 is 0. The lowest BCUT2D eigenvalue weighted by Gasteiger charge is -2.47. The number of nitrogens with one attached hydrogen (secondary N) is 1. The van der Waals surface area contributed by atoms with Gasteiger partial charge in [-0.15, -0.1) is 0 Å². The average molecular weight is 264 g/mol. The highest BCUT2D eigenvalue weighted by Crippen LogP contribution is 2.45. The summed E-state index contributed by atoms with van der Waals surface area (Å²) in [6.45, 7) is 4.84. The molecule has 0 unspecified atom stereocenters. The van der Waals surface area contributed by atoms with Crippen molar-refractivity contribution in [3.05, 3.63) is 17.5 Å². The number of fused-ring (bicyclic) bond motifs is 1. The molecule has 1 aromatic rings. The summed E-state index contributed by atoms with van der Waals surface area (Å²) in [5.74, 6) is 1.62. The van der Waals surface area contributed by atoms with E-state index in [1.165, 1.54) is 0 Å². The maximum atomic E-state index is 12.0. The van der Waals surface area contributed by atoms with Crippen molar-refractivity contribution in [3.63, 3.8) is 0 Å². The quantitative estimate of drug-likeness (QED) is 0.894. The molecule has 0 aromatic carbocycles. The molecule has 1 amide bonds. The van der Waals surface area contributed by atoms with Crippen LogP contribution in [0.3, 0.4) is 0 Å². The van der Waals surface area contributed by atoms with Crippen molar-refractivity contribution >= 4 is 5.91 Å². The predicted octanol–water partition coefficient (Wildman–Crippen LogP) is 1.46. The Labute approximate surface area is 112 Å². The van der Waals surface area contributed by atoms with Gasteiger partial charge in [0.1, 0.15) is 5.76 Å². The normalized spacial score (nSPS) is 32.7. The fraction of sp³-hybridized carbons (Fsp3) is 0.714. The van der Waals surface area contributed by atoms with Crippen molar-refractivity contribution < 1.29 is 14.1 Å². The number of aromatic nitrogens is 1. The van der Waals surface area contributed by atoms with Gasteiger partial charge in [0.25, 0.3) is 0 Å². The third-order valence-corrected chi connectivity index (χ3v) is 4.34. The number of carbonyl (C=O) groups is 1. The molecule has 5 heteroatoms. The molecule has 1 aliphatic carbocycles. The van der Waals surface area contributed by atoms with Crippen molar-refractivity contribution in [2.75, 3.05) is 6.61 Å². The molecule has 2 fully saturated rings. The van der Waals surface area contributed by atoms with Crippen molar-refractivity contribution in [1.82, 2.24) is 10.5 Å². The Bertz CT molecular complexity index is 471. The van der Waals surface area contributed by atoms with Crippen LogP contribution in [0.25, 0.3) is 0 Å². The predicted molar refractivity (Wildman–Crippen MR) is 68.5 cm³/mol. The molecule has 1 aliphatic heterocycles. The Morgan fingerprint density at radius 2 is 2.42 bits per heavy atom. The maximum Gasteiger partial charge on any atom is 0.227 e. The van der Waals surface area contributed by atoms with Gasteiger partial charge in [-0.25, -0.2) is 0 Å². The maximum absolute atomic E-state index is 12.0. The van der Waals surface area contributed by atoms with Gasteiger partial charge < -0.3 is 14.6 Å². The van der Waals surface area contributed by atoms with Crippen LogP contribution in [0.4, 0.5) is 0 Å². The van der Waals surface area contributed by atoms with Crippen LogP contribution < -0.4 is 5.32 Å². The van der Waals surface area contributed by atoms with Crippen LogP contribution in [0.15, 0.2) is 10.6 Å². The highest BCUT2D eigenvalue weighted by atomic mass is 16.5. The van der Waals surface area contributed by atoms with E-state index >= 15 is 0 Å². The number of rotatable bonds is 4. The van der Waals surface area contributed by atoms with Gasteiger partial charge in [-0.05, 0) is 19.8 Å². The summed E-state index contributed by atoms with van der Waals surface area (Å²) in [6, 6.07) is 2.08. The monoisotopic (exact) mass is 264 g/mol. The molecule has 0 spiro atoms. The van der Waals surface area contributed by atoms with E-state index in [4.69, 9.17) is 9.26 Å². The molecule has 0 bridgehead atoms. The van der Waals surface area contributed by atoms with Crippen molar-refractivity contribution in [2.45, 2.75) is 45.3 Å². The van der Waals surface area contributed by atoms with Gasteiger partial charge in [-0.1, -0.05) is 12.1 Å². The lowest BCUT2D eigenvalue weighted by molar-refractivity contribution is -0.127. The van der Waals surface area contributed by atoms with Gasteiger partial charge in [0.15, 0.2) is 0 Å². The summed E-state index contributed by atoms with van der Waals surface area (Å²) < 4.78 is 10.8. The van der Waals surface area contributed by atoms with E-state index in [2.05, 4.69) is 17.4 Å². The summed E-state index contributed by atoms with van der Waals surface area (Å²) in [5, 5.41) is 6.93. The Kier molecular flexibility index (Phi) is 3.31. The van der Waals surface area contributed by atoms with Crippen LogP contribution in [0, 0.1) is 18.8 Å². The molecule has 1 saturated carbocycles. The molecule has 1 aromatic heterocycles. The minimum Gasteiger partial charge on any atom is -0.377 e. The summed E-state index contributed by atoms with van der Waals surface area (Å²) in [5.41, 5.74) is 0.808. The van der Waals surface area contributed by atoms with Crippen molar-refractivity contribution in [1.29, 1.82) is 0 Å². The SMILES string of the molecule is CC[C@@H]1[C@@H](NC(=O)Cc2cc(C)no2)[C@@H]2CCO[C@H]12. The number of nitrogens with zero attached hydrogens (tertiary/aromatic N) is 1. The zero-order chi connectivity index (χ0) is 13.4. The number of amides is 1. The van der Waals surface area contributed by atoms with E-state index in [9.17, 15) is 4.79 Å². The molecule has 2 heterocycles. The standard InChI is InChI=1S/C14H20N2O3/c1-3-10-13(11-4-5-18-14(10)11)15-12(17)7-9-6-8(2)16-19-9/h6,10-11,13-14H,3-5,7H2,1-2H3,(H,15,17)/t10-,11+,13-,14-/m1/s1. The first-order valence-corrected chi connectivity index (χ1v) is 7.02. The second kappa shape index (κ2) is 4.96. The highest BCUT2D eigenvalue weighted by Gasteiger charge is 2.53. The van der Waals surface area contributed by atoms with Crippen molar-refractivity contribution in [2.24, 2.45) is 11.8 Å². The fourth-order valence-electron chi connectivity index (χ4n) is 3.42. The van der Waals surface area contributed by atoms with Crippen LogP contribution in [0.2, 0.25) is 0 Å². The molecule has 104 valence electrons. The van der Waals surface area contributed by atoms with E-state index in [1.54, 1.807) is 6.07 Å². The molecule has 0 radical (unpaired) electrons. The van der Waals surface area contributed by atoms with Gasteiger partial charge >= 0.3 is 0 Å². The van der Waals surface area contributed by atoms with Crippen molar-refractivity contribution in [3.8, 4) is 0 Å². The lowest BCUT2D eigenvalue weighted by atomic mass is 9.65. The topological polar surface area (TPSA) is 64.4 Å². The Balaban J connectivity index is 1.57. The first kappa shape index (κ1) is 12.7. The molecule has 19 heavy (non-hydrogen) atoms. The molecule has 4 atom stereocenters. The van der Waals surface area contributed by atoms with Gasteiger partial charge in [0, 0.05) is 30.6 Å². The van der Waals surface area contributed by atoms with Gasteiger partial charge in [0.2, 0.25) is 5.91 Å². The fourth-order valence-corrected chi connectivity index (χ4v) is 3.42. The number of ether oxygens (including phenoxy) is 1. The number of hydrogen-bond donors (Lipinski definition) is 1. The van der Waals surface area contributed by atoms with Gasteiger partial charge in [-0.3, -0.25) is 4.79 Å². The van der Waals surface area contributed by atoms with Crippen LogP contribution in [-0.4, -0.2) is 29.8 Å². The minimum absolute atomic E-state index is 0.0185. The second-order valence-electron chi connectivity index (χ2n) is 5.56. The van der Waals surface area contributed by atoms with E-state index in [0.717, 1.165) is 25.1 Å². The Hall–Kier alpha value is -1.36. The van der Waals surface area contributed by atoms with Gasteiger partial charge in [0.05, 0.1) is 18.2 Å². The molecule has 1 N–H and O–H groups in total. The van der Waals surface area contributed by atoms with E-state index in [-0.39, 0.29) is 18.4 Å². The van der Waals surface area contributed by atoms with Crippen LogP contribution in [-0.2, 0) is 16.0 Å². The van der Waals surface area contributed by atoms with E-state index in [1.807, 2.05) is 6.92 Å². The van der Waals surface area contributed by atoms with E-state index in [0.29, 0.717) is 23.7 Å². The molecule has 2 aliphatic rings. The number of carbonyl (C=O) groups excluding carboxylic acids is 1. The first-order chi connectivity index (χ1) is 9.19. The third kappa shape index (κ3) is 2.27. The summed E-state index contributed by atoms with van der Waals surface area (Å²) in [7, 11) is 0.